The molecule has 0 aromatic carbocycles. The highest BCUT2D eigenvalue weighted by atomic mass is 16.5. The molecule has 0 spiro atoms. The predicted molar refractivity (Wildman–Crippen MR) is 81.3 cm³/mol. The van der Waals surface area contributed by atoms with E-state index in [2.05, 4.69) is 22.2 Å². The van der Waals surface area contributed by atoms with Crippen molar-refractivity contribution < 1.29 is 9.53 Å². The Kier molecular flexibility index (Phi) is 4.77. The van der Waals surface area contributed by atoms with E-state index in [1.165, 1.54) is 6.20 Å². The first-order valence-corrected chi connectivity index (χ1v) is 7.44. The Hall–Kier alpha value is -1.69. The second-order valence-corrected chi connectivity index (χ2v) is 6.09. The molecule has 1 aliphatic heterocycles. The van der Waals surface area contributed by atoms with Crippen LogP contribution < -0.4 is 5.32 Å². The second kappa shape index (κ2) is 6.39. The van der Waals surface area contributed by atoms with Gasteiger partial charge in [0.1, 0.15) is 11.5 Å². The molecule has 0 bridgehead atoms. The molecule has 2 heterocycles. The summed E-state index contributed by atoms with van der Waals surface area (Å²) < 4.78 is 5.81. The zero-order valence-electron chi connectivity index (χ0n) is 13.2. The summed E-state index contributed by atoms with van der Waals surface area (Å²) in [5.41, 5.74) is 0.0468. The first-order valence-electron chi connectivity index (χ1n) is 7.44. The average Bonchev–Trinajstić information content (AvgIpc) is 2.42. The van der Waals surface area contributed by atoms with Crippen molar-refractivity contribution in [3.8, 4) is 0 Å². The minimum absolute atomic E-state index is 0.0242. The molecule has 1 fully saturated rings. The lowest BCUT2D eigenvalue weighted by molar-refractivity contribution is -0.118. The van der Waals surface area contributed by atoms with Crippen molar-refractivity contribution in [2.75, 3.05) is 25.0 Å². The standard InChI is InChI=1S/C15H24N4O2/c1-5-6-16-13-8-17-12(7-18-13)14(20)19-9-11(2)21-15(3,4)10-19/h7-8,11H,5-6,9-10H2,1-4H3,(H,16,18). The lowest BCUT2D eigenvalue weighted by atomic mass is 10.1. The molecular weight excluding hydrogens is 268 g/mol. The minimum Gasteiger partial charge on any atom is -0.369 e. The number of carbonyl (C=O) groups excluding carboxylic acids is 1. The van der Waals surface area contributed by atoms with Gasteiger partial charge in [-0.1, -0.05) is 6.92 Å². The molecular formula is C15H24N4O2. The van der Waals surface area contributed by atoms with Crippen LogP contribution in [0.25, 0.3) is 0 Å². The maximum Gasteiger partial charge on any atom is 0.274 e. The lowest BCUT2D eigenvalue weighted by Crippen LogP contribution is -2.53. The largest absolute Gasteiger partial charge is 0.369 e. The average molecular weight is 292 g/mol. The fourth-order valence-electron chi connectivity index (χ4n) is 2.55. The van der Waals surface area contributed by atoms with E-state index in [0.717, 1.165) is 13.0 Å². The maximum atomic E-state index is 12.5. The van der Waals surface area contributed by atoms with Crippen molar-refractivity contribution in [3.63, 3.8) is 0 Å². The summed E-state index contributed by atoms with van der Waals surface area (Å²) in [6, 6.07) is 0. The molecule has 0 saturated carbocycles. The molecule has 1 saturated heterocycles. The number of nitrogens with one attached hydrogen (secondary N) is 1. The van der Waals surface area contributed by atoms with Gasteiger partial charge in [0.25, 0.3) is 5.91 Å². The van der Waals surface area contributed by atoms with Crippen molar-refractivity contribution in [1.29, 1.82) is 0 Å². The van der Waals surface area contributed by atoms with Crippen LogP contribution in [-0.2, 0) is 4.74 Å². The number of carbonyl (C=O) groups is 1. The number of aromatic nitrogens is 2. The molecule has 1 amide bonds. The molecule has 1 unspecified atom stereocenters. The number of nitrogens with zero attached hydrogens (tertiary/aromatic N) is 3. The van der Waals surface area contributed by atoms with E-state index in [1.807, 2.05) is 20.8 Å². The number of anilines is 1. The normalized spacial score (nSPS) is 21.1. The minimum atomic E-state index is -0.330. The highest BCUT2D eigenvalue weighted by Gasteiger charge is 2.34. The van der Waals surface area contributed by atoms with E-state index in [1.54, 1.807) is 11.1 Å². The lowest BCUT2D eigenvalue weighted by Gasteiger charge is -2.41. The molecule has 1 aromatic rings. The van der Waals surface area contributed by atoms with E-state index in [-0.39, 0.29) is 17.6 Å². The van der Waals surface area contributed by atoms with E-state index in [4.69, 9.17) is 4.74 Å². The van der Waals surface area contributed by atoms with Crippen LogP contribution in [0.15, 0.2) is 12.4 Å². The van der Waals surface area contributed by atoms with Crippen molar-refractivity contribution in [2.45, 2.75) is 45.8 Å². The highest BCUT2D eigenvalue weighted by Crippen LogP contribution is 2.21. The summed E-state index contributed by atoms with van der Waals surface area (Å²) in [6.45, 7) is 10.0. The Bertz CT molecular complexity index is 487. The van der Waals surface area contributed by atoms with Crippen LogP contribution in [0.1, 0.15) is 44.6 Å². The number of amides is 1. The summed E-state index contributed by atoms with van der Waals surface area (Å²) in [5, 5.41) is 3.14. The Morgan fingerprint density at radius 2 is 2.24 bits per heavy atom. The van der Waals surface area contributed by atoms with E-state index >= 15 is 0 Å². The third kappa shape index (κ3) is 4.14. The van der Waals surface area contributed by atoms with Gasteiger partial charge in [-0.3, -0.25) is 4.79 Å². The third-order valence-corrected chi connectivity index (χ3v) is 3.28. The first kappa shape index (κ1) is 15.7. The predicted octanol–water partition coefficient (Wildman–Crippen LogP) is 1.94. The number of hydrogen-bond acceptors (Lipinski definition) is 5. The molecule has 0 radical (unpaired) electrons. The monoisotopic (exact) mass is 292 g/mol. The maximum absolute atomic E-state index is 12.5. The van der Waals surface area contributed by atoms with Gasteiger partial charge < -0.3 is 15.0 Å². The van der Waals surface area contributed by atoms with Gasteiger partial charge in [0.15, 0.2) is 0 Å². The van der Waals surface area contributed by atoms with Crippen LogP contribution in [0.3, 0.4) is 0 Å². The summed E-state index contributed by atoms with van der Waals surface area (Å²) in [6.07, 6.45) is 4.19. The Morgan fingerprint density at radius 3 is 2.81 bits per heavy atom. The zero-order valence-corrected chi connectivity index (χ0v) is 13.2. The quantitative estimate of drug-likeness (QED) is 0.918. The zero-order chi connectivity index (χ0) is 15.5. The molecule has 6 nitrogen and oxygen atoms in total. The fraction of sp³-hybridized carbons (Fsp3) is 0.667. The van der Waals surface area contributed by atoms with Crippen molar-refractivity contribution >= 4 is 11.7 Å². The molecule has 1 atom stereocenters. The summed E-state index contributed by atoms with van der Waals surface area (Å²) in [4.78, 5) is 22.8. The van der Waals surface area contributed by atoms with Gasteiger partial charge in [-0.25, -0.2) is 9.97 Å². The smallest absolute Gasteiger partial charge is 0.274 e. The van der Waals surface area contributed by atoms with Gasteiger partial charge >= 0.3 is 0 Å². The molecule has 1 aliphatic rings. The number of ether oxygens (including phenoxy) is 1. The molecule has 6 heteroatoms. The second-order valence-electron chi connectivity index (χ2n) is 6.09. The number of rotatable bonds is 4. The van der Waals surface area contributed by atoms with Crippen molar-refractivity contribution in [2.24, 2.45) is 0 Å². The summed E-state index contributed by atoms with van der Waals surface area (Å²) in [7, 11) is 0. The van der Waals surface area contributed by atoms with Crippen LogP contribution >= 0.6 is 0 Å². The molecule has 21 heavy (non-hydrogen) atoms. The van der Waals surface area contributed by atoms with Crippen molar-refractivity contribution in [1.82, 2.24) is 14.9 Å². The van der Waals surface area contributed by atoms with Gasteiger partial charge in [-0.2, -0.15) is 0 Å². The SMILES string of the molecule is CCCNc1cnc(C(=O)N2CC(C)OC(C)(C)C2)cn1. The van der Waals surface area contributed by atoms with Crippen LogP contribution in [0.5, 0.6) is 0 Å². The van der Waals surface area contributed by atoms with Gasteiger partial charge in [0.2, 0.25) is 0 Å². The number of morpholine rings is 1. The van der Waals surface area contributed by atoms with E-state index in [0.29, 0.717) is 24.6 Å². The van der Waals surface area contributed by atoms with Crippen LogP contribution in [0.2, 0.25) is 0 Å². The summed E-state index contributed by atoms with van der Waals surface area (Å²) >= 11 is 0. The Balaban J connectivity index is 2.05. The molecule has 2 rings (SSSR count). The topological polar surface area (TPSA) is 67.4 Å². The Morgan fingerprint density at radius 1 is 1.48 bits per heavy atom. The number of hydrogen-bond donors (Lipinski definition) is 1. The molecule has 116 valence electrons. The molecule has 1 aromatic heterocycles. The summed E-state index contributed by atoms with van der Waals surface area (Å²) in [5.74, 6) is 0.608. The van der Waals surface area contributed by atoms with Crippen molar-refractivity contribution in [3.05, 3.63) is 18.1 Å². The van der Waals surface area contributed by atoms with E-state index < -0.39 is 0 Å². The first-order chi connectivity index (χ1) is 9.91. The molecule has 0 aliphatic carbocycles. The van der Waals surface area contributed by atoms with Gasteiger partial charge in [0.05, 0.1) is 24.1 Å². The van der Waals surface area contributed by atoms with Gasteiger partial charge in [-0.15, -0.1) is 0 Å². The molecule has 1 N–H and O–H groups in total. The van der Waals surface area contributed by atoms with E-state index in [9.17, 15) is 4.79 Å². The van der Waals surface area contributed by atoms with Gasteiger partial charge in [-0.05, 0) is 27.2 Å². The fourth-order valence-corrected chi connectivity index (χ4v) is 2.55. The van der Waals surface area contributed by atoms with Crippen LogP contribution in [0, 0.1) is 0 Å². The van der Waals surface area contributed by atoms with Crippen LogP contribution in [-0.4, -0.2) is 52.1 Å². The van der Waals surface area contributed by atoms with Gasteiger partial charge in [0, 0.05) is 19.6 Å². The third-order valence-electron chi connectivity index (χ3n) is 3.28. The Labute approximate surface area is 125 Å². The van der Waals surface area contributed by atoms with Crippen LogP contribution in [0.4, 0.5) is 5.82 Å². The highest BCUT2D eigenvalue weighted by molar-refractivity contribution is 5.92.